The summed E-state index contributed by atoms with van der Waals surface area (Å²) in [4.78, 5) is 23.3. The molecule has 0 aromatic heterocycles. The van der Waals surface area contributed by atoms with E-state index in [4.69, 9.17) is 11.6 Å². The molecule has 0 radical (unpaired) electrons. The molecule has 0 saturated carbocycles. The van der Waals surface area contributed by atoms with Crippen molar-refractivity contribution in [2.75, 3.05) is 5.32 Å². The minimum Gasteiger partial charge on any atom is -0.481 e. The Morgan fingerprint density at radius 1 is 1.24 bits per heavy atom. The topological polar surface area (TPSA) is 78.4 Å². The average Bonchev–Trinajstić information content (AvgIpc) is 2.32. The normalized spacial score (nSPS) is 11.9. The van der Waals surface area contributed by atoms with E-state index in [1.165, 1.54) is 0 Å². The summed E-state index contributed by atoms with van der Waals surface area (Å²) in [7, 11) is 0. The number of rotatable bonds is 4. The van der Waals surface area contributed by atoms with Crippen LogP contribution >= 0.6 is 27.5 Å². The monoisotopic (exact) mass is 376 g/mol. The number of carbonyl (C=O) groups is 2. The zero-order valence-electron chi connectivity index (χ0n) is 12.3. The van der Waals surface area contributed by atoms with Crippen LogP contribution in [0.5, 0.6) is 0 Å². The zero-order valence-corrected chi connectivity index (χ0v) is 14.6. The standard InChI is InChI=1S/C14H18BrClN2O3/c1-13(2,11(19)20)14(3,4)18-12(21)17-8-5-6-9(15)10(16)7-8/h5-7H,1-4H3,(H,19,20)(H2,17,18,21). The van der Waals surface area contributed by atoms with Crippen LogP contribution in [0.4, 0.5) is 10.5 Å². The number of aliphatic carboxylic acids is 1. The first-order valence-corrected chi connectivity index (χ1v) is 7.42. The highest BCUT2D eigenvalue weighted by Crippen LogP contribution is 2.31. The third-order valence-electron chi connectivity index (χ3n) is 3.70. The van der Waals surface area contributed by atoms with Gasteiger partial charge < -0.3 is 15.7 Å². The molecular weight excluding hydrogens is 360 g/mol. The number of amides is 2. The molecule has 1 aromatic rings. The van der Waals surface area contributed by atoms with Crippen LogP contribution in [0.2, 0.25) is 5.02 Å². The maximum Gasteiger partial charge on any atom is 0.319 e. The Morgan fingerprint density at radius 3 is 2.29 bits per heavy atom. The van der Waals surface area contributed by atoms with Crippen LogP contribution in [-0.4, -0.2) is 22.6 Å². The number of urea groups is 1. The van der Waals surface area contributed by atoms with Gasteiger partial charge in [-0.25, -0.2) is 4.79 Å². The van der Waals surface area contributed by atoms with Gasteiger partial charge in [-0.05, 0) is 61.8 Å². The molecule has 0 aliphatic rings. The predicted octanol–water partition coefficient (Wildman–Crippen LogP) is 4.11. The molecule has 1 aromatic carbocycles. The molecule has 116 valence electrons. The van der Waals surface area contributed by atoms with E-state index in [9.17, 15) is 14.7 Å². The second kappa shape index (κ2) is 6.23. The van der Waals surface area contributed by atoms with Crippen molar-refractivity contribution < 1.29 is 14.7 Å². The van der Waals surface area contributed by atoms with E-state index in [0.717, 1.165) is 4.47 Å². The van der Waals surface area contributed by atoms with Gasteiger partial charge >= 0.3 is 12.0 Å². The fourth-order valence-electron chi connectivity index (χ4n) is 1.44. The number of anilines is 1. The van der Waals surface area contributed by atoms with E-state index in [1.807, 2.05) is 0 Å². The Kier molecular flexibility index (Phi) is 5.28. The second-order valence-corrected chi connectivity index (χ2v) is 7.02. The first-order chi connectivity index (χ1) is 9.47. The van der Waals surface area contributed by atoms with Crippen molar-refractivity contribution in [2.24, 2.45) is 5.41 Å². The van der Waals surface area contributed by atoms with Gasteiger partial charge in [-0.2, -0.15) is 0 Å². The summed E-state index contributed by atoms with van der Waals surface area (Å²) in [6.07, 6.45) is 0. The highest BCUT2D eigenvalue weighted by atomic mass is 79.9. The molecule has 0 heterocycles. The number of carboxylic acid groups (broad SMARTS) is 1. The number of hydrogen-bond donors (Lipinski definition) is 3. The van der Waals surface area contributed by atoms with Crippen LogP contribution < -0.4 is 10.6 Å². The van der Waals surface area contributed by atoms with Crippen LogP contribution in [0, 0.1) is 5.41 Å². The van der Waals surface area contributed by atoms with Crippen molar-refractivity contribution in [3.63, 3.8) is 0 Å². The predicted molar refractivity (Wildman–Crippen MR) is 86.8 cm³/mol. The number of carboxylic acids is 1. The Labute approximate surface area is 137 Å². The van der Waals surface area contributed by atoms with Gasteiger partial charge in [0, 0.05) is 10.2 Å². The van der Waals surface area contributed by atoms with Crippen LogP contribution in [0.25, 0.3) is 0 Å². The molecule has 0 bridgehead atoms. The molecule has 7 heteroatoms. The number of benzene rings is 1. The van der Waals surface area contributed by atoms with Gasteiger partial charge in [0.15, 0.2) is 0 Å². The van der Waals surface area contributed by atoms with Crippen molar-refractivity contribution in [1.29, 1.82) is 0 Å². The quantitative estimate of drug-likeness (QED) is 0.738. The van der Waals surface area contributed by atoms with E-state index in [2.05, 4.69) is 26.6 Å². The summed E-state index contributed by atoms with van der Waals surface area (Å²) >= 11 is 9.21. The van der Waals surface area contributed by atoms with Gasteiger partial charge in [-0.15, -0.1) is 0 Å². The molecule has 0 spiro atoms. The minimum atomic E-state index is -1.12. The fraction of sp³-hybridized carbons (Fsp3) is 0.429. The fourth-order valence-corrected chi connectivity index (χ4v) is 1.87. The maximum absolute atomic E-state index is 12.0. The molecular formula is C14H18BrClN2O3. The van der Waals surface area contributed by atoms with Gasteiger partial charge in [0.05, 0.1) is 16.0 Å². The number of hydrogen-bond acceptors (Lipinski definition) is 2. The first kappa shape index (κ1) is 17.8. The number of carbonyl (C=O) groups excluding carboxylic acids is 1. The maximum atomic E-state index is 12.0. The molecule has 0 aliphatic heterocycles. The lowest BCUT2D eigenvalue weighted by atomic mass is 9.74. The third kappa shape index (κ3) is 4.11. The molecule has 1 rings (SSSR count). The highest BCUT2D eigenvalue weighted by Gasteiger charge is 2.44. The molecule has 2 amide bonds. The van der Waals surface area contributed by atoms with E-state index >= 15 is 0 Å². The first-order valence-electron chi connectivity index (χ1n) is 6.25. The lowest BCUT2D eigenvalue weighted by Gasteiger charge is -2.38. The number of halogens is 2. The van der Waals surface area contributed by atoms with E-state index in [0.29, 0.717) is 10.7 Å². The summed E-state index contributed by atoms with van der Waals surface area (Å²) in [6, 6.07) is 4.50. The molecule has 3 N–H and O–H groups in total. The molecule has 0 fully saturated rings. The van der Waals surface area contributed by atoms with Crippen molar-refractivity contribution in [3.8, 4) is 0 Å². The van der Waals surface area contributed by atoms with E-state index in [-0.39, 0.29) is 0 Å². The summed E-state index contributed by atoms with van der Waals surface area (Å²) < 4.78 is 0.725. The van der Waals surface area contributed by atoms with E-state index < -0.39 is 23.0 Å². The zero-order chi connectivity index (χ0) is 16.4. The van der Waals surface area contributed by atoms with Gasteiger partial charge in [0.25, 0.3) is 0 Å². The molecule has 5 nitrogen and oxygen atoms in total. The van der Waals surface area contributed by atoms with Crippen molar-refractivity contribution in [1.82, 2.24) is 5.32 Å². The van der Waals surface area contributed by atoms with Gasteiger partial charge in [0.1, 0.15) is 0 Å². The van der Waals surface area contributed by atoms with Crippen LogP contribution in [0.3, 0.4) is 0 Å². The Hall–Kier alpha value is -1.27. The Balaban J connectivity index is 2.81. The minimum absolute atomic E-state index is 0.470. The summed E-state index contributed by atoms with van der Waals surface area (Å²) in [5.74, 6) is -0.987. The molecule has 0 aliphatic carbocycles. The lowest BCUT2D eigenvalue weighted by molar-refractivity contribution is -0.150. The average molecular weight is 378 g/mol. The summed E-state index contributed by atoms with van der Waals surface area (Å²) in [5.41, 5.74) is -1.55. The molecule has 0 unspecified atom stereocenters. The second-order valence-electron chi connectivity index (χ2n) is 5.76. The Morgan fingerprint density at radius 2 is 1.81 bits per heavy atom. The van der Waals surface area contributed by atoms with Gasteiger partial charge in [-0.3, -0.25) is 4.79 Å². The molecule has 0 saturated heterocycles. The van der Waals surface area contributed by atoms with Gasteiger partial charge in [0.2, 0.25) is 0 Å². The smallest absolute Gasteiger partial charge is 0.319 e. The van der Waals surface area contributed by atoms with Crippen molar-refractivity contribution in [3.05, 3.63) is 27.7 Å². The molecule has 0 atom stereocenters. The summed E-state index contributed by atoms with van der Waals surface area (Å²) in [6.45, 7) is 6.45. The van der Waals surface area contributed by atoms with Crippen LogP contribution in [0.1, 0.15) is 27.7 Å². The highest BCUT2D eigenvalue weighted by molar-refractivity contribution is 9.10. The summed E-state index contributed by atoms with van der Waals surface area (Å²) in [5, 5.41) is 15.0. The molecule has 21 heavy (non-hydrogen) atoms. The lowest BCUT2D eigenvalue weighted by Crippen LogP contribution is -2.57. The SMILES string of the molecule is CC(C)(NC(=O)Nc1ccc(Br)c(Cl)c1)C(C)(C)C(=O)O. The number of nitrogens with one attached hydrogen (secondary N) is 2. The van der Waals surface area contributed by atoms with Gasteiger partial charge in [-0.1, -0.05) is 11.6 Å². The van der Waals surface area contributed by atoms with Crippen molar-refractivity contribution in [2.45, 2.75) is 33.2 Å². The van der Waals surface area contributed by atoms with Crippen LogP contribution in [-0.2, 0) is 4.79 Å². The Bertz CT molecular complexity index is 573. The largest absolute Gasteiger partial charge is 0.481 e. The van der Waals surface area contributed by atoms with Crippen LogP contribution in [0.15, 0.2) is 22.7 Å². The van der Waals surface area contributed by atoms with Crippen molar-refractivity contribution >= 4 is 45.2 Å². The van der Waals surface area contributed by atoms with E-state index in [1.54, 1.807) is 45.9 Å². The third-order valence-corrected chi connectivity index (χ3v) is 4.93.